The molecule has 0 amide bonds. The summed E-state index contributed by atoms with van der Waals surface area (Å²) in [6, 6.07) is 0. The van der Waals surface area contributed by atoms with Gasteiger partial charge in [0.15, 0.2) is 0 Å². The van der Waals surface area contributed by atoms with Crippen molar-refractivity contribution >= 4 is 23.7 Å². The molecule has 0 aliphatic carbocycles. The number of hydrogen-bond acceptors (Lipinski definition) is 6. The zero-order valence-electron chi connectivity index (χ0n) is 9.60. The van der Waals surface area contributed by atoms with E-state index in [1.807, 2.05) is 6.92 Å². The molecule has 1 aliphatic rings. The van der Waals surface area contributed by atoms with Crippen molar-refractivity contribution in [2.24, 2.45) is 5.92 Å². The summed E-state index contributed by atoms with van der Waals surface area (Å²) in [5.41, 5.74) is -0.122. The molecule has 0 N–H and O–H groups in total. The Morgan fingerprint density at radius 1 is 1.56 bits per heavy atom. The largest absolute Gasteiger partial charge is 0.469 e. The third kappa shape index (κ3) is 4.02. The van der Waals surface area contributed by atoms with Gasteiger partial charge in [-0.1, -0.05) is 6.92 Å². The fourth-order valence-electron chi connectivity index (χ4n) is 1.39. The lowest BCUT2D eigenvalue weighted by Gasteiger charge is -2.17. The molecule has 0 radical (unpaired) electrons. The summed E-state index contributed by atoms with van der Waals surface area (Å²) in [5, 5.41) is 0. The molecule has 0 aromatic carbocycles. The van der Waals surface area contributed by atoms with Gasteiger partial charge in [0.25, 0.3) is 0 Å². The average Bonchev–Trinajstić information content (AvgIpc) is 2.65. The van der Waals surface area contributed by atoms with E-state index in [1.165, 1.54) is 14.0 Å². The van der Waals surface area contributed by atoms with Crippen LogP contribution in [0.5, 0.6) is 0 Å². The monoisotopic (exact) mass is 248 g/mol. The summed E-state index contributed by atoms with van der Waals surface area (Å²) in [4.78, 5) is 21.8. The molecule has 1 fully saturated rings. The Bertz CT molecular complexity index is 268. The van der Waals surface area contributed by atoms with Crippen LogP contribution in [0.2, 0.25) is 0 Å². The zero-order chi connectivity index (χ0) is 12.1. The van der Waals surface area contributed by atoms with E-state index in [4.69, 9.17) is 9.47 Å². The van der Waals surface area contributed by atoms with Crippen LogP contribution in [0.4, 0.5) is 0 Å². The van der Waals surface area contributed by atoms with Gasteiger partial charge < -0.3 is 14.2 Å². The van der Waals surface area contributed by atoms with Crippen LogP contribution < -0.4 is 0 Å². The Labute approximate surface area is 98.8 Å². The van der Waals surface area contributed by atoms with E-state index in [-0.39, 0.29) is 23.3 Å². The molecule has 1 heterocycles. The summed E-state index contributed by atoms with van der Waals surface area (Å²) >= 11 is 1.55. The minimum Gasteiger partial charge on any atom is -0.469 e. The Morgan fingerprint density at radius 3 is 2.81 bits per heavy atom. The summed E-state index contributed by atoms with van der Waals surface area (Å²) < 4.78 is 15.0. The molecule has 92 valence electrons. The maximum Gasteiger partial charge on any atom is 0.305 e. The SMILES string of the molecule is COC(=O)CC(C)C1OC(OC(C)=O)CS1. The lowest BCUT2D eigenvalue weighted by molar-refractivity contribution is -0.173. The van der Waals surface area contributed by atoms with Crippen molar-refractivity contribution in [1.82, 2.24) is 0 Å². The van der Waals surface area contributed by atoms with Gasteiger partial charge in [0.2, 0.25) is 6.29 Å². The van der Waals surface area contributed by atoms with Crippen molar-refractivity contribution in [2.75, 3.05) is 12.9 Å². The Kier molecular flexibility index (Phi) is 5.08. The van der Waals surface area contributed by atoms with E-state index in [2.05, 4.69) is 4.74 Å². The summed E-state index contributed by atoms with van der Waals surface area (Å²) in [5.74, 6) is 0.0352. The second-order valence-electron chi connectivity index (χ2n) is 3.63. The van der Waals surface area contributed by atoms with Gasteiger partial charge >= 0.3 is 11.9 Å². The van der Waals surface area contributed by atoms with Gasteiger partial charge in [-0.05, 0) is 0 Å². The number of ether oxygens (including phenoxy) is 3. The molecule has 3 unspecified atom stereocenters. The van der Waals surface area contributed by atoms with Gasteiger partial charge in [0.05, 0.1) is 19.3 Å². The molecular formula is C10H16O5S. The highest BCUT2D eigenvalue weighted by Crippen LogP contribution is 2.32. The molecular weight excluding hydrogens is 232 g/mol. The van der Waals surface area contributed by atoms with Crippen LogP contribution in [0.1, 0.15) is 20.3 Å². The quantitative estimate of drug-likeness (QED) is 0.696. The molecule has 1 rings (SSSR count). The fourth-order valence-corrected chi connectivity index (χ4v) is 2.51. The van der Waals surface area contributed by atoms with Crippen molar-refractivity contribution in [3.8, 4) is 0 Å². The molecule has 3 atom stereocenters. The van der Waals surface area contributed by atoms with Gasteiger partial charge in [-0.2, -0.15) is 0 Å². The number of carbonyl (C=O) groups is 2. The first-order valence-corrected chi connectivity index (χ1v) is 6.09. The van der Waals surface area contributed by atoms with E-state index in [1.54, 1.807) is 11.8 Å². The van der Waals surface area contributed by atoms with Gasteiger partial charge in [-0.3, -0.25) is 9.59 Å². The molecule has 16 heavy (non-hydrogen) atoms. The molecule has 1 aliphatic heterocycles. The van der Waals surface area contributed by atoms with E-state index in [0.29, 0.717) is 12.2 Å². The van der Waals surface area contributed by atoms with Gasteiger partial charge in [0.1, 0.15) is 5.44 Å². The third-order valence-corrected chi connectivity index (χ3v) is 3.53. The minimum absolute atomic E-state index is 0.0398. The van der Waals surface area contributed by atoms with Gasteiger partial charge in [0, 0.05) is 12.8 Å². The number of methoxy groups -OCH3 is 1. The normalized spacial score (nSPS) is 26.2. The predicted molar refractivity (Wildman–Crippen MR) is 58.7 cm³/mol. The van der Waals surface area contributed by atoms with Crippen molar-refractivity contribution in [2.45, 2.75) is 32.0 Å². The highest BCUT2D eigenvalue weighted by Gasteiger charge is 2.32. The van der Waals surface area contributed by atoms with Crippen molar-refractivity contribution in [1.29, 1.82) is 0 Å². The van der Waals surface area contributed by atoms with Gasteiger partial charge in [-0.25, -0.2) is 0 Å². The molecule has 0 aromatic rings. The minimum atomic E-state index is -0.493. The second kappa shape index (κ2) is 6.10. The van der Waals surface area contributed by atoms with Crippen LogP contribution in [0.25, 0.3) is 0 Å². The second-order valence-corrected chi connectivity index (χ2v) is 4.77. The standard InChI is InChI=1S/C10H16O5S/c1-6(4-8(12)13-3)10-15-9(5-16-10)14-7(2)11/h6,9-10H,4-5H2,1-3H3. The smallest absolute Gasteiger partial charge is 0.305 e. The molecule has 0 aromatic heterocycles. The van der Waals surface area contributed by atoms with Crippen LogP contribution in [-0.4, -0.2) is 36.5 Å². The van der Waals surface area contributed by atoms with Crippen molar-refractivity contribution in [3.63, 3.8) is 0 Å². The lowest BCUT2D eigenvalue weighted by atomic mass is 10.1. The van der Waals surface area contributed by atoms with E-state index in [0.717, 1.165) is 0 Å². The van der Waals surface area contributed by atoms with Crippen LogP contribution in [0, 0.1) is 5.92 Å². The highest BCUT2D eigenvalue weighted by molar-refractivity contribution is 8.00. The van der Waals surface area contributed by atoms with E-state index < -0.39 is 6.29 Å². The summed E-state index contributed by atoms with van der Waals surface area (Å²) in [6.07, 6.45) is -0.186. The number of thioether (sulfide) groups is 1. The summed E-state index contributed by atoms with van der Waals surface area (Å²) in [7, 11) is 1.36. The van der Waals surface area contributed by atoms with Crippen LogP contribution in [-0.2, 0) is 23.8 Å². The number of rotatable bonds is 4. The number of carbonyl (C=O) groups excluding carboxylic acids is 2. The lowest BCUT2D eigenvalue weighted by Crippen LogP contribution is -2.23. The maximum absolute atomic E-state index is 11.1. The van der Waals surface area contributed by atoms with E-state index in [9.17, 15) is 9.59 Å². The maximum atomic E-state index is 11.1. The average molecular weight is 248 g/mol. The van der Waals surface area contributed by atoms with Crippen molar-refractivity contribution < 1.29 is 23.8 Å². The molecule has 1 saturated heterocycles. The Balaban J connectivity index is 2.34. The Morgan fingerprint density at radius 2 is 2.25 bits per heavy atom. The van der Waals surface area contributed by atoms with Crippen LogP contribution in [0.3, 0.4) is 0 Å². The first-order valence-electron chi connectivity index (χ1n) is 5.04. The number of esters is 2. The van der Waals surface area contributed by atoms with Gasteiger partial charge in [-0.15, -0.1) is 11.8 Å². The predicted octanol–water partition coefficient (Wildman–Crippen LogP) is 1.16. The van der Waals surface area contributed by atoms with Crippen LogP contribution >= 0.6 is 11.8 Å². The molecule has 5 nitrogen and oxygen atoms in total. The van der Waals surface area contributed by atoms with E-state index >= 15 is 0 Å². The molecule has 0 bridgehead atoms. The fraction of sp³-hybridized carbons (Fsp3) is 0.800. The Hall–Kier alpha value is -0.750. The third-order valence-electron chi connectivity index (χ3n) is 2.16. The zero-order valence-corrected chi connectivity index (χ0v) is 10.4. The summed E-state index contributed by atoms with van der Waals surface area (Å²) in [6.45, 7) is 3.25. The first-order chi connectivity index (χ1) is 7.52. The molecule has 0 saturated carbocycles. The number of hydrogen-bond donors (Lipinski definition) is 0. The van der Waals surface area contributed by atoms with Crippen LogP contribution in [0.15, 0.2) is 0 Å². The molecule has 0 spiro atoms. The van der Waals surface area contributed by atoms with Crippen molar-refractivity contribution in [3.05, 3.63) is 0 Å². The first kappa shape index (κ1) is 13.3. The molecule has 6 heteroatoms. The highest BCUT2D eigenvalue weighted by atomic mass is 32.2. The topological polar surface area (TPSA) is 61.8 Å².